The van der Waals surface area contributed by atoms with E-state index in [1.807, 2.05) is 0 Å². The fourth-order valence-corrected chi connectivity index (χ4v) is 4.56. The van der Waals surface area contributed by atoms with Gasteiger partial charge in [0.1, 0.15) is 11.6 Å². The summed E-state index contributed by atoms with van der Waals surface area (Å²) in [5, 5.41) is 2.53. The van der Waals surface area contributed by atoms with Crippen molar-refractivity contribution in [2.75, 3.05) is 6.54 Å². The summed E-state index contributed by atoms with van der Waals surface area (Å²) in [6.07, 6.45) is 4.24. The van der Waals surface area contributed by atoms with Gasteiger partial charge in [-0.05, 0) is 55.2 Å². The minimum atomic E-state index is -3.54. The van der Waals surface area contributed by atoms with E-state index in [0.29, 0.717) is 6.42 Å². The fourth-order valence-electron chi connectivity index (χ4n) is 3.25. The topological polar surface area (TPSA) is 75.3 Å². The Bertz CT molecular complexity index is 940. The van der Waals surface area contributed by atoms with Gasteiger partial charge in [0, 0.05) is 12.6 Å². The molecule has 3 rings (SSSR count). The number of carbonyl (C=O) groups is 1. The van der Waals surface area contributed by atoms with Gasteiger partial charge in [0.05, 0.1) is 10.5 Å². The molecule has 0 bridgehead atoms. The van der Waals surface area contributed by atoms with Crippen LogP contribution in [0.4, 0.5) is 8.78 Å². The first-order valence-electron chi connectivity index (χ1n) is 9.20. The van der Waals surface area contributed by atoms with E-state index in [0.717, 1.165) is 49.4 Å². The molecule has 0 heterocycles. The Balaban J connectivity index is 1.54. The normalized spacial score (nSPS) is 14.9. The van der Waals surface area contributed by atoms with E-state index in [4.69, 9.17) is 0 Å². The molecule has 0 saturated heterocycles. The summed E-state index contributed by atoms with van der Waals surface area (Å²) in [5.41, 5.74) is 0.472. The maximum Gasteiger partial charge on any atom is 0.254 e. The summed E-state index contributed by atoms with van der Waals surface area (Å²) in [6.45, 7) is 0.210. The lowest BCUT2D eigenvalue weighted by atomic mass is 10.1. The van der Waals surface area contributed by atoms with Gasteiger partial charge >= 0.3 is 0 Å². The van der Waals surface area contributed by atoms with E-state index in [-0.39, 0.29) is 23.0 Å². The Hall–Kier alpha value is -2.32. The van der Waals surface area contributed by atoms with Crippen LogP contribution in [0.2, 0.25) is 0 Å². The van der Waals surface area contributed by atoms with Crippen LogP contribution in [0.25, 0.3) is 0 Å². The van der Waals surface area contributed by atoms with Crippen molar-refractivity contribution in [3.05, 3.63) is 65.2 Å². The average Bonchev–Trinajstić information content (AvgIpc) is 3.16. The zero-order valence-electron chi connectivity index (χ0n) is 15.3. The molecule has 28 heavy (non-hydrogen) atoms. The lowest BCUT2D eigenvalue weighted by molar-refractivity contribution is 0.0949. The van der Waals surface area contributed by atoms with E-state index < -0.39 is 27.6 Å². The van der Waals surface area contributed by atoms with Crippen molar-refractivity contribution in [2.24, 2.45) is 0 Å². The third-order valence-corrected chi connectivity index (χ3v) is 6.32. The second kappa shape index (κ2) is 8.79. The van der Waals surface area contributed by atoms with Crippen molar-refractivity contribution >= 4 is 15.9 Å². The summed E-state index contributed by atoms with van der Waals surface area (Å²) in [4.78, 5) is 12.2. The van der Waals surface area contributed by atoms with Gasteiger partial charge in [-0.1, -0.05) is 25.0 Å². The van der Waals surface area contributed by atoms with Crippen LogP contribution in [-0.2, 0) is 16.4 Å². The summed E-state index contributed by atoms with van der Waals surface area (Å²) in [5.74, 6) is -2.17. The molecule has 1 aliphatic rings. The molecule has 2 aromatic carbocycles. The maximum absolute atomic E-state index is 13.6. The first-order chi connectivity index (χ1) is 13.3. The maximum atomic E-state index is 13.6. The summed E-state index contributed by atoms with van der Waals surface area (Å²) in [7, 11) is -3.54. The number of rotatable bonds is 7. The zero-order chi connectivity index (χ0) is 20.1. The monoisotopic (exact) mass is 408 g/mol. The van der Waals surface area contributed by atoms with Gasteiger partial charge in [-0.25, -0.2) is 21.9 Å². The number of sulfonamides is 1. The molecular weight excluding hydrogens is 386 g/mol. The molecule has 1 amide bonds. The van der Waals surface area contributed by atoms with Gasteiger partial charge < -0.3 is 5.32 Å². The van der Waals surface area contributed by atoms with Crippen LogP contribution in [0, 0.1) is 11.6 Å². The predicted octanol–water partition coefficient (Wildman–Crippen LogP) is 3.16. The van der Waals surface area contributed by atoms with E-state index in [1.54, 1.807) is 12.1 Å². The molecule has 1 fully saturated rings. The second-order valence-electron chi connectivity index (χ2n) is 6.88. The molecule has 1 saturated carbocycles. The summed E-state index contributed by atoms with van der Waals surface area (Å²) < 4.78 is 54.2. The Kier molecular flexibility index (Phi) is 6.41. The Morgan fingerprint density at radius 3 is 2.39 bits per heavy atom. The van der Waals surface area contributed by atoms with Gasteiger partial charge in [0.15, 0.2) is 0 Å². The number of hydrogen-bond donors (Lipinski definition) is 2. The van der Waals surface area contributed by atoms with E-state index >= 15 is 0 Å². The first kappa shape index (κ1) is 20.4. The number of benzene rings is 2. The van der Waals surface area contributed by atoms with Crippen LogP contribution in [-0.4, -0.2) is 26.9 Å². The highest BCUT2D eigenvalue weighted by atomic mass is 32.2. The van der Waals surface area contributed by atoms with E-state index in [2.05, 4.69) is 10.0 Å². The summed E-state index contributed by atoms with van der Waals surface area (Å²) in [6, 6.07) is 9.12. The first-order valence-corrected chi connectivity index (χ1v) is 10.7. The van der Waals surface area contributed by atoms with Crippen LogP contribution in [0.1, 0.15) is 41.6 Å². The van der Waals surface area contributed by atoms with Crippen molar-refractivity contribution < 1.29 is 22.0 Å². The number of halogens is 2. The quantitative estimate of drug-likeness (QED) is 0.739. The van der Waals surface area contributed by atoms with Crippen molar-refractivity contribution in [2.45, 2.75) is 43.0 Å². The molecular formula is C20H22F2N2O3S. The predicted molar refractivity (Wildman–Crippen MR) is 101 cm³/mol. The Morgan fingerprint density at radius 2 is 1.71 bits per heavy atom. The van der Waals surface area contributed by atoms with E-state index in [9.17, 15) is 22.0 Å². The molecule has 5 nitrogen and oxygen atoms in total. The van der Waals surface area contributed by atoms with Crippen molar-refractivity contribution in [1.29, 1.82) is 0 Å². The van der Waals surface area contributed by atoms with Crippen LogP contribution in [0.5, 0.6) is 0 Å². The lowest BCUT2D eigenvalue weighted by Gasteiger charge is -2.13. The number of hydrogen-bond acceptors (Lipinski definition) is 3. The van der Waals surface area contributed by atoms with Crippen molar-refractivity contribution in [3.63, 3.8) is 0 Å². The van der Waals surface area contributed by atoms with Crippen molar-refractivity contribution in [3.8, 4) is 0 Å². The highest BCUT2D eigenvalue weighted by Crippen LogP contribution is 2.20. The molecule has 0 spiro atoms. The number of amides is 1. The van der Waals surface area contributed by atoms with Crippen LogP contribution in [0.15, 0.2) is 47.4 Å². The van der Waals surface area contributed by atoms with Crippen LogP contribution >= 0.6 is 0 Å². The molecule has 0 aromatic heterocycles. The minimum Gasteiger partial charge on any atom is -0.352 e. The van der Waals surface area contributed by atoms with Crippen LogP contribution in [0.3, 0.4) is 0 Å². The SMILES string of the molecule is O=C(NCCc1ccc(S(=O)(=O)NC2CCCC2)cc1)c1cc(F)ccc1F. The number of nitrogens with one attached hydrogen (secondary N) is 2. The Labute approximate surface area is 163 Å². The van der Waals surface area contributed by atoms with Crippen LogP contribution < -0.4 is 10.0 Å². The third-order valence-electron chi connectivity index (χ3n) is 4.78. The lowest BCUT2D eigenvalue weighted by Crippen LogP contribution is -2.32. The molecule has 0 atom stereocenters. The average molecular weight is 408 g/mol. The zero-order valence-corrected chi connectivity index (χ0v) is 16.1. The minimum absolute atomic E-state index is 0.00288. The highest BCUT2D eigenvalue weighted by Gasteiger charge is 2.22. The summed E-state index contributed by atoms with van der Waals surface area (Å²) >= 11 is 0. The van der Waals surface area contributed by atoms with Crippen molar-refractivity contribution in [1.82, 2.24) is 10.0 Å². The van der Waals surface area contributed by atoms with Gasteiger partial charge in [-0.2, -0.15) is 0 Å². The highest BCUT2D eigenvalue weighted by molar-refractivity contribution is 7.89. The largest absolute Gasteiger partial charge is 0.352 e. The van der Waals surface area contributed by atoms with Gasteiger partial charge in [-0.15, -0.1) is 0 Å². The molecule has 0 radical (unpaired) electrons. The fraction of sp³-hybridized carbons (Fsp3) is 0.350. The molecule has 2 N–H and O–H groups in total. The molecule has 1 aliphatic carbocycles. The standard InChI is InChI=1S/C20H22F2N2O3S/c21-15-7-10-19(22)18(13-15)20(25)23-12-11-14-5-8-17(9-6-14)28(26,27)24-16-3-1-2-4-16/h5-10,13,16,24H,1-4,11-12H2,(H,23,25). The smallest absolute Gasteiger partial charge is 0.254 e. The molecule has 0 unspecified atom stereocenters. The molecule has 2 aromatic rings. The van der Waals surface area contributed by atoms with E-state index in [1.165, 1.54) is 12.1 Å². The molecule has 150 valence electrons. The molecule has 0 aliphatic heterocycles. The van der Waals surface area contributed by atoms with Gasteiger partial charge in [-0.3, -0.25) is 4.79 Å². The second-order valence-corrected chi connectivity index (χ2v) is 8.59. The van der Waals surface area contributed by atoms with Gasteiger partial charge in [0.25, 0.3) is 5.91 Å². The third kappa shape index (κ3) is 5.14. The Morgan fingerprint density at radius 1 is 1.04 bits per heavy atom. The number of carbonyl (C=O) groups excluding carboxylic acids is 1. The van der Waals surface area contributed by atoms with Gasteiger partial charge in [0.2, 0.25) is 10.0 Å². The molecule has 8 heteroatoms.